The number of nitrogens with one attached hydrogen (secondary N) is 1. The number of nitrogens with zero attached hydrogens (tertiary/aromatic N) is 4. The number of hydrogen-bond acceptors (Lipinski definition) is 7. The van der Waals surface area contributed by atoms with Crippen molar-refractivity contribution in [2.24, 2.45) is 0 Å². The number of rotatable bonds is 6. The molecule has 110 valence electrons. The summed E-state index contributed by atoms with van der Waals surface area (Å²) in [6.07, 6.45) is 0.815. The zero-order chi connectivity index (χ0) is 15.3. The molecule has 1 aromatic heterocycles. The normalized spacial score (nSPS) is 10.2. The Hall–Kier alpha value is -2.45. The molecular formula is C11H18N6O3. The van der Waals surface area contributed by atoms with Gasteiger partial charge in [-0.3, -0.25) is 14.9 Å². The Balaban J connectivity index is 3.00. The SMILES string of the molecule is CCCNC(=O)CN(C)c1nc(N)nc(C)c1[N+](=O)[O-]. The first kappa shape index (κ1) is 15.6. The lowest BCUT2D eigenvalue weighted by molar-refractivity contribution is -0.385. The minimum atomic E-state index is -0.579. The molecule has 0 spiro atoms. The fourth-order valence-electron chi connectivity index (χ4n) is 1.66. The molecule has 9 nitrogen and oxygen atoms in total. The molecule has 0 radical (unpaired) electrons. The molecule has 0 aliphatic carbocycles. The van der Waals surface area contributed by atoms with Gasteiger partial charge < -0.3 is 16.0 Å². The van der Waals surface area contributed by atoms with E-state index >= 15 is 0 Å². The summed E-state index contributed by atoms with van der Waals surface area (Å²) in [6.45, 7) is 3.92. The molecule has 0 atom stereocenters. The standard InChI is InChI=1S/C11H18N6O3/c1-4-5-13-8(18)6-16(3)10-9(17(19)20)7(2)14-11(12)15-10/h4-6H2,1-3H3,(H,13,18)(H2,12,14,15). The number of aromatic nitrogens is 2. The van der Waals surface area contributed by atoms with E-state index in [2.05, 4.69) is 15.3 Å². The maximum atomic E-state index is 11.6. The lowest BCUT2D eigenvalue weighted by atomic mass is 10.3. The molecule has 9 heteroatoms. The van der Waals surface area contributed by atoms with Gasteiger partial charge in [0.1, 0.15) is 5.69 Å². The average Bonchev–Trinajstić information content (AvgIpc) is 2.34. The highest BCUT2D eigenvalue weighted by Crippen LogP contribution is 2.28. The number of carbonyl (C=O) groups is 1. The molecule has 1 heterocycles. The van der Waals surface area contributed by atoms with Crippen LogP contribution in [0.4, 0.5) is 17.5 Å². The number of nitro groups is 1. The van der Waals surface area contributed by atoms with Crippen LogP contribution in [0, 0.1) is 17.0 Å². The van der Waals surface area contributed by atoms with Crippen LogP contribution in [0.5, 0.6) is 0 Å². The number of likely N-dealkylation sites (N-methyl/N-ethyl adjacent to an activating group) is 1. The van der Waals surface area contributed by atoms with Crippen LogP contribution in [0.2, 0.25) is 0 Å². The molecule has 0 aliphatic heterocycles. The highest BCUT2D eigenvalue weighted by atomic mass is 16.6. The molecule has 0 fully saturated rings. The van der Waals surface area contributed by atoms with E-state index in [1.54, 1.807) is 7.05 Å². The largest absolute Gasteiger partial charge is 0.368 e. The molecule has 20 heavy (non-hydrogen) atoms. The number of anilines is 2. The van der Waals surface area contributed by atoms with Crippen LogP contribution < -0.4 is 16.0 Å². The van der Waals surface area contributed by atoms with Crippen molar-refractivity contribution in [2.45, 2.75) is 20.3 Å². The molecular weight excluding hydrogens is 264 g/mol. The summed E-state index contributed by atoms with van der Waals surface area (Å²) in [5.74, 6) is -0.269. The fourth-order valence-corrected chi connectivity index (χ4v) is 1.66. The van der Waals surface area contributed by atoms with Crippen molar-refractivity contribution in [2.75, 3.05) is 30.8 Å². The zero-order valence-corrected chi connectivity index (χ0v) is 11.7. The van der Waals surface area contributed by atoms with E-state index in [1.807, 2.05) is 6.92 Å². The van der Waals surface area contributed by atoms with Crippen molar-refractivity contribution < 1.29 is 9.72 Å². The van der Waals surface area contributed by atoms with Crippen molar-refractivity contribution in [3.63, 3.8) is 0 Å². The molecule has 1 rings (SSSR count). The van der Waals surface area contributed by atoms with Crippen LogP contribution in [0.25, 0.3) is 0 Å². The Morgan fingerprint density at radius 1 is 1.50 bits per heavy atom. The summed E-state index contributed by atoms with van der Waals surface area (Å²) < 4.78 is 0. The second-order valence-corrected chi connectivity index (χ2v) is 4.30. The summed E-state index contributed by atoms with van der Waals surface area (Å²) in [5, 5.41) is 13.8. The summed E-state index contributed by atoms with van der Waals surface area (Å²) in [4.78, 5) is 31.1. The fraction of sp³-hybridized carbons (Fsp3) is 0.545. The van der Waals surface area contributed by atoms with Crippen molar-refractivity contribution in [1.29, 1.82) is 0 Å². The average molecular weight is 282 g/mol. The van der Waals surface area contributed by atoms with Crippen LogP contribution in [-0.2, 0) is 4.79 Å². The Bertz CT molecular complexity index is 519. The third-order valence-corrected chi connectivity index (χ3v) is 2.55. The van der Waals surface area contributed by atoms with Crippen molar-refractivity contribution in [3.05, 3.63) is 15.8 Å². The van der Waals surface area contributed by atoms with Gasteiger partial charge in [0.2, 0.25) is 17.7 Å². The summed E-state index contributed by atoms with van der Waals surface area (Å²) >= 11 is 0. The van der Waals surface area contributed by atoms with Crippen molar-refractivity contribution >= 4 is 23.4 Å². The van der Waals surface area contributed by atoms with Gasteiger partial charge in [-0.1, -0.05) is 6.92 Å². The van der Waals surface area contributed by atoms with Gasteiger partial charge in [0.25, 0.3) is 0 Å². The Morgan fingerprint density at radius 3 is 2.70 bits per heavy atom. The molecule has 0 bridgehead atoms. The van der Waals surface area contributed by atoms with E-state index in [1.165, 1.54) is 11.8 Å². The first-order valence-corrected chi connectivity index (χ1v) is 6.13. The monoisotopic (exact) mass is 282 g/mol. The Labute approximate surface area is 116 Å². The zero-order valence-electron chi connectivity index (χ0n) is 11.7. The van der Waals surface area contributed by atoms with Gasteiger partial charge in [0.05, 0.1) is 11.5 Å². The lowest BCUT2D eigenvalue weighted by Gasteiger charge is -2.18. The second-order valence-electron chi connectivity index (χ2n) is 4.30. The van der Waals surface area contributed by atoms with Gasteiger partial charge in [-0.15, -0.1) is 0 Å². The highest BCUT2D eigenvalue weighted by molar-refractivity contribution is 5.81. The smallest absolute Gasteiger partial charge is 0.332 e. The van der Waals surface area contributed by atoms with Crippen LogP contribution >= 0.6 is 0 Å². The number of carbonyl (C=O) groups excluding carboxylic acids is 1. The quantitative estimate of drug-likeness (QED) is 0.565. The summed E-state index contributed by atoms with van der Waals surface area (Å²) in [7, 11) is 1.54. The van der Waals surface area contributed by atoms with Crippen LogP contribution in [-0.4, -0.2) is 40.9 Å². The molecule has 0 saturated heterocycles. The number of aryl methyl sites for hydroxylation is 1. The van der Waals surface area contributed by atoms with Crippen LogP contribution in [0.3, 0.4) is 0 Å². The van der Waals surface area contributed by atoms with Crippen LogP contribution in [0.15, 0.2) is 0 Å². The van der Waals surface area contributed by atoms with Gasteiger partial charge in [0, 0.05) is 13.6 Å². The molecule has 0 aromatic carbocycles. The Kier molecular flexibility index (Phi) is 5.18. The second kappa shape index (κ2) is 6.64. The third kappa shape index (κ3) is 3.77. The summed E-state index contributed by atoms with van der Waals surface area (Å²) in [6, 6.07) is 0. The maximum Gasteiger partial charge on any atom is 0.332 e. The molecule has 0 unspecified atom stereocenters. The van der Waals surface area contributed by atoms with E-state index < -0.39 is 4.92 Å². The number of amides is 1. The van der Waals surface area contributed by atoms with Gasteiger partial charge >= 0.3 is 5.69 Å². The minimum absolute atomic E-state index is 0.0339. The molecule has 3 N–H and O–H groups in total. The minimum Gasteiger partial charge on any atom is -0.368 e. The predicted octanol–water partition coefficient (Wildman–Crippen LogP) is 0.238. The molecule has 0 saturated carbocycles. The number of nitrogen functional groups attached to an aromatic ring is 1. The molecule has 1 amide bonds. The predicted molar refractivity (Wildman–Crippen MR) is 74.4 cm³/mol. The Morgan fingerprint density at radius 2 is 2.15 bits per heavy atom. The third-order valence-electron chi connectivity index (χ3n) is 2.55. The topological polar surface area (TPSA) is 127 Å². The highest BCUT2D eigenvalue weighted by Gasteiger charge is 2.25. The van der Waals surface area contributed by atoms with Gasteiger partial charge in [-0.2, -0.15) is 4.98 Å². The van der Waals surface area contributed by atoms with E-state index in [-0.39, 0.29) is 35.6 Å². The number of nitrogens with two attached hydrogens (primary N) is 1. The van der Waals surface area contributed by atoms with Crippen LogP contribution in [0.1, 0.15) is 19.0 Å². The van der Waals surface area contributed by atoms with E-state index in [0.29, 0.717) is 6.54 Å². The van der Waals surface area contributed by atoms with E-state index in [9.17, 15) is 14.9 Å². The first-order chi connectivity index (χ1) is 9.36. The maximum absolute atomic E-state index is 11.6. The number of hydrogen-bond donors (Lipinski definition) is 2. The first-order valence-electron chi connectivity index (χ1n) is 6.13. The lowest BCUT2D eigenvalue weighted by Crippen LogP contribution is -2.36. The molecule has 0 aliphatic rings. The van der Waals surface area contributed by atoms with Gasteiger partial charge in [0.15, 0.2) is 0 Å². The van der Waals surface area contributed by atoms with Crippen molar-refractivity contribution in [3.8, 4) is 0 Å². The van der Waals surface area contributed by atoms with E-state index in [4.69, 9.17) is 5.73 Å². The van der Waals surface area contributed by atoms with Gasteiger partial charge in [-0.25, -0.2) is 4.98 Å². The van der Waals surface area contributed by atoms with Crippen molar-refractivity contribution in [1.82, 2.24) is 15.3 Å². The summed E-state index contributed by atoms with van der Waals surface area (Å²) in [5.41, 5.74) is 5.42. The van der Waals surface area contributed by atoms with Gasteiger partial charge in [-0.05, 0) is 13.3 Å². The van der Waals surface area contributed by atoms with E-state index in [0.717, 1.165) is 6.42 Å². The molecule has 1 aromatic rings.